The van der Waals surface area contributed by atoms with Crippen molar-refractivity contribution >= 4 is 0 Å². The van der Waals surface area contributed by atoms with Crippen molar-refractivity contribution in [2.75, 3.05) is 32.7 Å². The molecule has 1 aliphatic rings. The Morgan fingerprint density at radius 1 is 1.06 bits per heavy atom. The average molecular weight is 242 g/mol. The zero-order valence-electron chi connectivity index (χ0n) is 12.1. The molecule has 1 fully saturated rings. The maximum Gasteiger partial charge on any atom is 0.0512 e. The van der Waals surface area contributed by atoms with Crippen LogP contribution < -0.4 is 0 Å². The van der Waals surface area contributed by atoms with E-state index in [1.165, 1.54) is 39.1 Å². The van der Waals surface area contributed by atoms with Crippen molar-refractivity contribution in [1.82, 2.24) is 9.80 Å². The second-order valence-corrected chi connectivity index (χ2v) is 6.34. The van der Waals surface area contributed by atoms with Gasteiger partial charge in [0.25, 0.3) is 0 Å². The van der Waals surface area contributed by atoms with Gasteiger partial charge < -0.3 is 10.0 Å². The monoisotopic (exact) mass is 242 g/mol. The Balaban J connectivity index is 2.11. The van der Waals surface area contributed by atoms with E-state index < -0.39 is 0 Å². The highest BCUT2D eigenvalue weighted by Crippen LogP contribution is 2.16. The number of aliphatic hydroxyl groups is 1. The second kappa shape index (κ2) is 6.72. The third kappa shape index (κ3) is 5.84. The van der Waals surface area contributed by atoms with Crippen LogP contribution >= 0.6 is 0 Å². The summed E-state index contributed by atoms with van der Waals surface area (Å²) in [6.45, 7) is 14.8. The molecule has 102 valence electrons. The van der Waals surface area contributed by atoms with Crippen LogP contribution in [0.3, 0.4) is 0 Å². The van der Waals surface area contributed by atoms with Crippen molar-refractivity contribution in [3.05, 3.63) is 0 Å². The van der Waals surface area contributed by atoms with Crippen molar-refractivity contribution in [3.63, 3.8) is 0 Å². The first-order chi connectivity index (χ1) is 7.89. The largest absolute Gasteiger partial charge is 0.393 e. The molecular formula is C14H30N2O. The molecule has 0 bridgehead atoms. The number of nitrogens with zero attached hydrogens (tertiary/aromatic N) is 2. The third-order valence-electron chi connectivity index (χ3n) is 3.67. The Kier molecular flexibility index (Phi) is 5.90. The fourth-order valence-electron chi connectivity index (χ4n) is 2.42. The minimum absolute atomic E-state index is 0.132. The van der Waals surface area contributed by atoms with E-state index in [1.54, 1.807) is 0 Å². The van der Waals surface area contributed by atoms with Gasteiger partial charge in [-0.3, -0.25) is 4.90 Å². The van der Waals surface area contributed by atoms with Gasteiger partial charge in [0.15, 0.2) is 0 Å². The number of rotatable bonds is 5. The van der Waals surface area contributed by atoms with Gasteiger partial charge in [0.05, 0.1) is 6.10 Å². The SMILES string of the molecule is CC(O)CCCCN1CCN(C(C)(C)C)CC1. The number of piperazine rings is 1. The van der Waals surface area contributed by atoms with E-state index in [0.717, 1.165) is 12.8 Å². The van der Waals surface area contributed by atoms with E-state index in [0.29, 0.717) is 5.54 Å². The summed E-state index contributed by atoms with van der Waals surface area (Å²) in [5, 5.41) is 9.19. The Hall–Kier alpha value is -0.120. The first-order valence-corrected chi connectivity index (χ1v) is 7.05. The first kappa shape index (κ1) is 14.9. The molecule has 3 heteroatoms. The predicted octanol–water partition coefficient (Wildman–Crippen LogP) is 1.95. The molecule has 1 saturated heterocycles. The Morgan fingerprint density at radius 2 is 1.65 bits per heavy atom. The average Bonchev–Trinajstić information content (AvgIpc) is 2.23. The molecule has 0 aromatic carbocycles. The van der Waals surface area contributed by atoms with Gasteiger partial charge in [-0.15, -0.1) is 0 Å². The Bertz CT molecular complexity index is 203. The van der Waals surface area contributed by atoms with Crippen molar-refractivity contribution in [1.29, 1.82) is 0 Å². The molecule has 0 aromatic rings. The van der Waals surface area contributed by atoms with Gasteiger partial charge in [-0.1, -0.05) is 0 Å². The van der Waals surface area contributed by atoms with Crippen LogP contribution in [-0.4, -0.2) is 59.3 Å². The Morgan fingerprint density at radius 3 is 2.12 bits per heavy atom. The smallest absolute Gasteiger partial charge is 0.0512 e. The summed E-state index contributed by atoms with van der Waals surface area (Å²) in [6, 6.07) is 0. The molecule has 1 N–H and O–H groups in total. The normalized spacial score (nSPS) is 21.7. The van der Waals surface area contributed by atoms with Crippen molar-refractivity contribution in [3.8, 4) is 0 Å². The number of aliphatic hydroxyl groups excluding tert-OH is 1. The standard InChI is InChI=1S/C14H30N2O/c1-13(17)7-5-6-8-15-9-11-16(12-10-15)14(2,3)4/h13,17H,5-12H2,1-4H3. The summed E-state index contributed by atoms with van der Waals surface area (Å²) >= 11 is 0. The summed E-state index contributed by atoms with van der Waals surface area (Å²) in [7, 11) is 0. The van der Waals surface area contributed by atoms with Gasteiger partial charge in [-0.25, -0.2) is 0 Å². The van der Waals surface area contributed by atoms with Crippen LogP contribution in [0.4, 0.5) is 0 Å². The highest BCUT2D eigenvalue weighted by atomic mass is 16.3. The summed E-state index contributed by atoms with van der Waals surface area (Å²) < 4.78 is 0. The summed E-state index contributed by atoms with van der Waals surface area (Å²) in [4.78, 5) is 5.13. The van der Waals surface area contributed by atoms with Crippen LogP contribution in [-0.2, 0) is 0 Å². The quantitative estimate of drug-likeness (QED) is 0.747. The second-order valence-electron chi connectivity index (χ2n) is 6.34. The van der Waals surface area contributed by atoms with Crippen LogP contribution in [0.15, 0.2) is 0 Å². The van der Waals surface area contributed by atoms with Crippen molar-refractivity contribution in [2.24, 2.45) is 0 Å². The van der Waals surface area contributed by atoms with Crippen LogP contribution in [0.2, 0.25) is 0 Å². The van der Waals surface area contributed by atoms with Gasteiger partial charge in [0.2, 0.25) is 0 Å². The molecular weight excluding hydrogens is 212 g/mol. The molecule has 17 heavy (non-hydrogen) atoms. The molecule has 1 rings (SSSR count). The molecule has 0 saturated carbocycles. The zero-order valence-corrected chi connectivity index (χ0v) is 12.1. The maximum absolute atomic E-state index is 9.19. The minimum atomic E-state index is -0.132. The summed E-state index contributed by atoms with van der Waals surface area (Å²) in [5.41, 5.74) is 0.318. The number of unbranched alkanes of at least 4 members (excludes halogenated alkanes) is 1. The summed E-state index contributed by atoms with van der Waals surface area (Å²) in [6.07, 6.45) is 3.19. The lowest BCUT2D eigenvalue weighted by molar-refractivity contribution is 0.0610. The van der Waals surface area contributed by atoms with E-state index in [4.69, 9.17) is 0 Å². The van der Waals surface area contributed by atoms with Gasteiger partial charge in [0, 0.05) is 31.7 Å². The molecule has 0 spiro atoms. The van der Waals surface area contributed by atoms with E-state index in [1.807, 2.05) is 6.92 Å². The third-order valence-corrected chi connectivity index (χ3v) is 3.67. The van der Waals surface area contributed by atoms with Gasteiger partial charge >= 0.3 is 0 Å². The molecule has 0 radical (unpaired) electrons. The van der Waals surface area contributed by atoms with Gasteiger partial charge in [-0.05, 0) is 53.5 Å². The Labute approximate surface area is 107 Å². The van der Waals surface area contributed by atoms with E-state index >= 15 is 0 Å². The van der Waals surface area contributed by atoms with E-state index in [2.05, 4.69) is 30.6 Å². The van der Waals surface area contributed by atoms with Crippen LogP contribution in [0.5, 0.6) is 0 Å². The molecule has 1 aliphatic heterocycles. The molecule has 3 nitrogen and oxygen atoms in total. The molecule has 1 heterocycles. The lowest BCUT2D eigenvalue weighted by Crippen LogP contribution is -2.53. The van der Waals surface area contributed by atoms with Crippen molar-refractivity contribution < 1.29 is 5.11 Å². The van der Waals surface area contributed by atoms with E-state index in [9.17, 15) is 5.11 Å². The fourth-order valence-corrected chi connectivity index (χ4v) is 2.42. The first-order valence-electron chi connectivity index (χ1n) is 7.05. The van der Waals surface area contributed by atoms with Gasteiger partial charge in [0.1, 0.15) is 0 Å². The highest BCUT2D eigenvalue weighted by Gasteiger charge is 2.25. The van der Waals surface area contributed by atoms with Crippen LogP contribution in [0.1, 0.15) is 47.0 Å². The predicted molar refractivity (Wildman–Crippen MR) is 73.3 cm³/mol. The molecule has 1 unspecified atom stereocenters. The fraction of sp³-hybridized carbons (Fsp3) is 1.00. The molecule has 1 atom stereocenters. The van der Waals surface area contributed by atoms with Crippen LogP contribution in [0.25, 0.3) is 0 Å². The highest BCUT2D eigenvalue weighted by molar-refractivity contribution is 4.81. The zero-order chi connectivity index (χ0) is 12.9. The van der Waals surface area contributed by atoms with Gasteiger partial charge in [-0.2, -0.15) is 0 Å². The topological polar surface area (TPSA) is 26.7 Å². The van der Waals surface area contributed by atoms with E-state index in [-0.39, 0.29) is 6.10 Å². The van der Waals surface area contributed by atoms with Crippen LogP contribution in [0, 0.1) is 0 Å². The lowest BCUT2D eigenvalue weighted by atomic mass is 10.0. The minimum Gasteiger partial charge on any atom is -0.393 e. The summed E-state index contributed by atoms with van der Waals surface area (Å²) in [5.74, 6) is 0. The maximum atomic E-state index is 9.19. The lowest BCUT2D eigenvalue weighted by Gasteiger charge is -2.42. The molecule has 0 aromatic heterocycles. The van der Waals surface area contributed by atoms with Crippen molar-refractivity contribution in [2.45, 2.75) is 58.6 Å². The molecule has 0 amide bonds. The number of hydrogen-bond donors (Lipinski definition) is 1. The number of hydrogen-bond acceptors (Lipinski definition) is 3. The molecule has 0 aliphatic carbocycles.